The molecule has 0 radical (unpaired) electrons. The second-order valence-corrected chi connectivity index (χ2v) is 4.57. The van der Waals surface area contributed by atoms with E-state index < -0.39 is 0 Å². The van der Waals surface area contributed by atoms with E-state index in [1.54, 1.807) is 18.4 Å². The molecule has 1 aliphatic rings. The van der Waals surface area contributed by atoms with Crippen molar-refractivity contribution in [2.45, 2.75) is 25.9 Å². The molecule has 1 unspecified atom stereocenters. The van der Waals surface area contributed by atoms with Crippen molar-refractivity contribution in [2.75, 3.05) is 7.11 Å². The monoisotopic (exact) mass is 183 g/mol. The molecular weight excluding hydrogens is 170 g/mol. The smallest absolute Gasteiger partial charge is 0.122 e. The maximum Gasteiger partial charge on any atom is 0.122 e. The first kappa shape index (κ1) is 8.20. The Kier molecular flexibility index (Phi) is 2.15. The Hall–Kier alpha value is -0.410. The van der Waals surface area contributed by atoms with E-state index >= 15 is 0 Å². The number of aromatic nitrogens is 1. The molecule has 0 spiro atoms. The summed E-state index contributed by atoms with van der Waals surface area (Å²) in [5, 5.41) is 1.15. The van der Waals surface area contributed by atoms with Gasteiger partial charge in [-0.15, -0.1) is 11.3 Å². The number of ether oxygens (including phenoxy) is 1. The molecule has 0 N–H and O–H groups in total. The molecule has 3 heteroatoms. The summed E-state index contributed by atoms with van der Waals surface area (Å²) in [6.07, 6.45) is 4.80. The summed E-state index contributed by atoms with van der Waals surface area (Å²) < 4.78 is 5.42. The number of thiazole rings is 1. The number of rotatable bonds is 3. The van der Waals surface area contributed by atoms with Crippen LogP contribution in [0.5, 0.6) is 0 Å². The highest BCUT2D eigenvalue weighted by Crippen LogP contribution is 2.43. The summed E-state index contributed by atoms with van der Waals surface area (Å²) in [6.45, 7) is 2.08. The molecule has 0 bridgehead atoms. The van der Waals surface area contributed by atoms with Gasteiger partial charge in [0, 0.05) is 18.2 Å². The van der Waals surface area contributed by atoms with Gasteiger partial charge in [0.1, 0.15) is 11.1 Å². The average Bonchev–Trinajstić information content (AvgIpc) is 2.78. The Bertz CT molecular complexity index is 267. The molecule has 2 nitrogen and oxygen atoms in total. The van der Waals surface area contributed by atoms with Crippen molar-refractivity contribution in [3.63, 3.8) is 0 Å². The van der Waals surface area contributed by atoms with E-state index in [1.165, 1.54) is 17.7 Å². The van der Waals surface area contributed by atoms with E-state index in [-0.39, 0.29) is 6.10 Å². The van der Waals surface area contributed by atoms with Crippen molar-refractivity contribution in [2.24, 2.45) is 5.92 Å². The molecule has 0 aromatic carbocycles. The second kappa shape index (κ2) is 3.15. The summed E-state index contributed by atoms with van der Waals surface area (Å²) in [6, 6.07) is 0. The van der Waals surface area contributed by atoms with Crippen molar-refractivity contribution in [3.05, 3.63) is 16.1 Å². The Morgan fingerprint density at radius 1 is 1.67 bits per heavy atom. The zero-order chi connectivity index (χ0) is 8.55. The molecule has 12 heavy (non-hydrogen) atoms. The lowest BCUT2D eigenvalue weighted by atomic mass is 10.2. The standard InChI is InChI=1S/C9H13NOS/c1-6-5-10-9(12-6)8(11-2)7-3-4-7/h5,7-8H,3-4H2,1-2H3. The molecular formula is C9H13NOS. The molecule has 0 amide bonds. The van der Waals surface area contributed by atoms with Crippen LogP contribution in [0.3, 0.4) is 0 Å². The zero-order valence-corrected chi connectivity index (χ0v) is 8.23. The molecule has 1 atom stereocenters. The molecule has 66 valence electrons. The first-order chi connectivity index (χ1) is 5.81. The highest BCUT2D eigenvalue weighted by Gasteiger charge is 2.34. The van der Waals surface area contributed by atoms with Crippen LogP contribution < -0.4 is 0 Å². The molecule has 1 heterocycles. The molecule has 1 fully saturated rings. The Labute approximate surface area is 76.6 Å². The molecule has 1 aromatic heterocycles. The van der Waals surface area contributed by atoms with Gasteiger partial charge in [0.25, 0.3) is 0 Å². The van der Waals surface area contributed by atoms with E-state index in [4.69, 9.17) is 4.74 Å². The quantitative estimate of drug-likeness (QED) is 0.718. The lowest BCUT2D eigenvalue weighted by Crippen LogP contribution is -2.02. The van der Waals surface area contributed by atoms with Crippen LogP contribution in [0.1, 0.15) is 28.8 Å². The summed E-state index contributed by atoms with van der Waals surface area (Å²) >= 11 is 1.75. The van der Waals surface area contributed by atoms with Gasteiger partial charge in [0.05, 0.1) is 0 Å². The molecule has 1 aliphatic carbocycles. The van der Waals surface area contributed by atoms with E-state index in [9.17, 15) is 0 Å². The fourth-order valence-electron chi connectivity index (χ4n) is 1.40. The van der Waals surface area contributed by atoms with Gasteiger partial charge >= 0.3 is 0 Å². The van der Waals surface area contributed by atoms with Gasteiger partial charge in [-0.2, -0.15) is 0 Å². The van der Waals surface area contributed by atoms with Crippen molar-refractivity contribution in [1.29, 1.82) is 0 Å². The van der Waals surface area contributed by atoms with Crippen LogP contribution in [0, 0.1) is 12.8 Å². The molecule has 0 aliphatic heterocycles. The van der Waals surface area contributed by atoms with Gasteiger partial charge in [-0.05, 0) is 25.7 Å². The van der Waals surface area contributed by atoms with Crippen LogP contribution in [0.25, 0.3) is 0 Å². The predicted molar refractivity (Wildman–Crippen MR) is 49.3 cm³/mol. The SMILES string of the molecule is COC(c1ncc(C)s1)C1CC1. The minimum atomic E-state index is 0.267. The Morgan fingerprint density at radius 2 is 2.42 bits per heavy atom. The van der Waals surface area contributed by atoms with Crippen molar-refractivity contribution >= 4 is 11.3 Å². The summed E-state index contributed by atoms with van der Waals surface area (Å²) in [4.78, 5) is 5.61. The van der Waals surface area contributed by atoms with Gasteiger partial charge in [0.2, 0.25) is 0 Å². The third-order valence-electron chi connectivity index (χ3n) is 2.19. The van der Waals surface area contributed by atoms with Gasteiger partial charge in [0.15, 0.2) is 0 Å². The van der Waals surface area contributed by atoms with E-state index in [2.05, 4.69) is 11.9 Å². The zero-order valence-electron chi connectivity index (χ0n) is 7.41. The molecule has 2 rings (SSSR count). The minimum Gasteiger partial charge on any atom is -0.374 e. The molecule has 1 saturated carbocycles. The second-order valence-electron chi connectivity index (χ2n) is 3.30. The lowest BCUT2D eigenvalue weighted by Gasteiger charge is -2.09. The fourth-order valence-corrected chi connectivity index (χ4v) is 2.34. The van der Waals surface area contributed by atoms with Crippen LogP contribution in [-0.2, 0) is 4.74 Å². The van der Waals surface area contributed by atoms with Crippen LogP contribution in [-0.4, -0.2) is 12.1 Å². The number of nitrogens with zero attached hydrogens (tertiary/aromatic N) is 1. The largest absolute Gasteiger partial charge is 0.374 e. The van der Waals surface area contributed by atoms with E-state index in [0.29, 0.717) is 0 Å². The summed E-state index contributed by atoms with van der Waals surface area (Å²) in [5.74, 6) is 0.737. The normalized spacial score (nSPS) is 19.5. The highest BCUT2D eigenvalue weighted by atomic mass is 32.1. The number of methoxy groups -OCH3 is 1. The molecule has 0 saturated heterocycles. The minimum absolute atomic E-state index is 0.267. The van der Waals surface area contributed by atoms with E-state index in [0.717, 1.165) is 10.9 Å². The van der Waals surface area contributed by atoms with Crippen molar-refractivity contribution in [1.82, 2.24) is 4.98 Å². The van der Waals surface area contributed by atoms with Crippen LogP contribution in [0.15, 0.2) is 6.20 Å². The number of aryl methyl sites for hydroxylation is 1. The third-order valence-corrected chi connectivity index (χ3v) is 3.16. The van der Waals surface area contributed by atoms with Gasteiger partial charge in [-0.25, -0.2) is 4.98 Å². The lowest BCUT2D eigenvalue weighted by molar-refractivity contribution is 0.0844. The third kappa shape index (κ3) is 1.52. The maximum absolute atomic E-state index is 5.42. The predicted octanol–water partition coefficient (Wildman–Crippen LogP) is 2.55. The fraction of sp³-hybridized carbons (Fsp3) is 0.667. The number of hydrogen-bond donors (Lipinski definition) is 0. The summed E-state index contributed by atoms with van der Waals surface area (Å²) in [5.41, 5.74) is 0. The Balaban J connectivity index is 2.15. The first-order valence-corrected chi connectivity index (χ1v) is 5.08. The van der Waals surface area contributed by atoms with Gasteiger partial charge in [-0.1, -0.05) is 0 Å². The van der Waals surface area contributed by atoms with Gasteiger partial charge in [-0.3, -0.25) is 0 Å². The van der Waals surface area contributed by atoms with Gasteiger partial charge < -0.3 is 4.74 Å². The maximum atomic E-state index is 5.42. The molecule has 1 aromatic rings. The van der Waals surface area contributed by atoms with Crippen LogP contribution in [0.2, 0.25) is 0 Å². The highest BCUT2D eigenvalue weighted by molar-refractivity contribution is 7.11. The topological polar surface area (TPSA) is 22.1 Å². The Morgan fingerprint density at radius 3 is 2.83 bits per heavy atom. The first-order valence-electron chi connectivity index (χ1n) is 4.26. The van der Waals surface area contributed by atoms with Crippen LogP contribution in [0.4, 0.5) is 0 Å². The van der Waals surface area contributed by atoms with E-state index in [1.807, 2.05) is 6.20 Å². The van der Waals surface area contributed by atoms with Crippen LogP contribution >= 0.6 is 11.3 Å². The van der Waals surface area contributed by atoms with Crippen molar-refractivity contribution < 1.29 is 4.74 Å². The van der Waals surface area contributed by atoms with Crippen molar-refractivity contribution in [3.8, 4) is 0 Å². The summed E-state index contributed by atoms with van der Waals surface area (Å²) in [7, 11) is 1.78. The number of hydrogen-bond acceptors (Lipinski definition) is 3. The average molecular weight is 183 g/mol.